The molecule has 1 fully saturated rings. The molecule has 2 atom stereocenters. The maximum Gasteiger partial charge on any atom is 0.179 e. The summed E-state index contributed by atoms with van der Waals surface area (Å²) in [4.78, 5) is 2.42. The van der Waals surface area contributed by atoms with E-state index in [0.29, 0.717) is 35.9 Å². The number of nitrogens with one attached hydrogen (secondary N) is 1. The van der Waals surface area contributed by atoms with Gasteiger partial charge in [-0.25, -0.2) is 0 Å². The predicted molar refractivity (Wildman–Crippen MR) is 84.5 cm³/mol. The Labute approximate surface area is 131 Å². The fourth-order valence-electron chi connectivity index (χ4n) is 3.56. The van der Waals surface area contributed by atoms with Gasteiger partial charge in [-0.3, -0.25) is 4.90 Å². The zero-order chi connectivity index (χ0) is 14.8. The van der Waals surface area contributed by atoms with E-state index in [1.54, 1.807) is 0 Å². The Morgan fingerprint density at radius 1 is 1.33 bits per heavy atom. The van der Waals surface area contributed by atoms with Gasteiger partial charge in [0.2, 0.25) is 0 Å². The average Bonchev–Trinajstić information content (AvgIpc) is 2.48. The molecule has 5 heteroatoms. The van der Waals surface area contributed by atoms with Gasteiger partial charge in [0, 0.05) is 6.04 Å². The number of rotatable bonds is 3. The standard InChI is InChI=1S/C16H23ClN2O2/c1-18-10-11-4-3-5-19(2)15(11)12-8-13(17)16-14(9-12)20-6-7-21-16/h8-9,11,15,18H,3-7,10H2,1-2H3. The minimum atomic E-state index is 0.375. The summed E-state index contributed by atoms with van der Waals surface area (Å²) in [6, 6.07) is 4.53. The number of hydrogen-bond acceptors (Lipinski definition) is 4. The molecule has 21 heavy (non-hydrogen) atoms. The maximum absolute atomic E-state index is 6.40. The van der Waals surface area contributed by atoms with Crippen LogP contribution in [0.15, 0.2) is 12.1 Å². The Balaban J connectivity index is 1.95. The largest absolute Gasteiger partial charge is 0.486 e. The number of hydrogen-bond donors (Lipinski definition) is 1. The molecule has 1 aromatic carbocycles. The normalized spacial score (nSPS) is 25.9. The van der Waals surface area contributed by atoms with Crippen molar-refractivity contribution in [2.24, 2.45) is 5.92 Å². The number of nitrogens with zero attached hydrogens (tertiary/aromatic N) is 1. The predicted octanol–water partition coefficient (Wildman–Crippen LogP) is 2.71. The van der Waals surface area contributed by atoms with E-state index in [9.17, 15) is 0 Å². The molecule has 4 nitrogen and oxygen atoms in total. The van der Waals surface area contributed by atoms with Crippen LogP contribution in [0, 0.1) is 5.92 Å². The molecule has 1 aromatic rings. The van der Waals surface area contributed by atoms with Crippen LogP contribution in [0.2, 0.25) is 5.02 Å². The third-order valence-electron chi connectivity index (χ3n) is 4.43. The lowest BCUT2D eigenvalue weighted by Crippen LogP contribution is -2.40. The molecule has 0 bridgehead atoms. The van der Waals surface area contributed by atoms with E-state index in [4.69, 9.17) is 21.1 Å². The van der Waals surface area contributed by atoms with Gasteiger partial charge in [-0.05, 0) is 63.6 Å². The molecule has 2 heterocycles. The molecule has 3 rings (SSSR count). The summed E-state index contributed by atoms with van der Waals surface area (Å²) in [6.07, 6.45) is 2.49. The fraction of sp³-hybridized carbons (Fsp3) is 0.625. The van der Waals surface area contributed by atoms with Gasteiger partial charge in [-0.1, -0.05) is 11.6 Å². The number of ether oxygens (including phenoxy) is 2. The number of benzene rings is 1. The van der Waals surface area contributed by atoms with Gasteiger partial charge in [-0.15, -0.1) is 0 Å². The van der Waals surface area contributed by atoms with Crippen molar-refractivity contribution in [2.75, 3.05) is 40.4 Å². The molecule has 0 aliphatic carbocycles. The first-order chi connectivity index (χ1) is 10.2. The fourth-order valence-corrected chi connectivity index (χ4v) is 3.84. The van der Waals surface area contributed by atoms with Crippen LogP contribution in [0.3, 0.4) is 0 Å². The molecule has 2 aliphatic heterocycles. The molecule has 2 aliphatic rings. The van der Waals surface area contributed by atoms with E-state index in [1.807, 2.05) is 13.1 Å². The lowest BCUT2D eigenvalue weighted by Gasteiger charge is -2.40. The SMILES string of the molecule is CNCC1CCCN(C)C1c1cc(Cl)c2c(c1)OCCO2. The summed E-state index contributed by atoms with van der Waals surface area (Å²) in [7, 11) is 4.21. The van der Waals surface area contributed by atoms with Gasteiger partial charge in [0.1, 0.15) is 13.2 Å². The van der Waals surface area contributed by atoms with E-state index in [0.717, 1.165) is 18.8 Å². The Morgan fingerprint density at radius 3 is 2.95 bits per heavy atom. The molecular formula is C16H23ClN2O2. The molecule has 116 valence electrons. The van der Waals surface area contributed by atoms with Crippen molar-refractivity contribution < 1.29 is 9.47 Å². The van der Waals surface area contributed by atoms with Crippen molar-refractivity contribution in [2.45, 2.75) is 18.9 Å². The molecule has 1 N–H and O–H groups in total. The van der Waals surface area contributed by atoms with Gasteiger partial charge >= 0.3 is 0 Å². The Bertz CT molecular complexity index is 507. The summed E-state index contributed by atoms with van der Waals surface area (Å²) >= 11 is 6.40. The highest BCUT2D eigenvalue weighted by atomic mass is 35.5. The van der Waals surface area contributed by atoms with Crippen LogP contribution in [0.4, 0.5) is 0 Å². The zero-order valence-corrected chi connectivity index (χ0v) is 13.4. The number of fused-ring (bicyclic) bond motifs is 1. The quantitative estimate of drug-likeness (QED) is 0.931. The summed E-state index contributed by atoms with van der Waals surface area (Å²) in [5.41, 5.74) is 1.23. The second-order valence-electron chi connectivity index (χ2n) is 5.91. The maximum atomic E-state index is 6.40. The topological polar surface area (TPSA) is 33.7 Å². The van der Waals surface area contributed by atoms with E-state index in [1.165, 1.54) is 18.4 Å². The first kappa shape index (κ1) is 14.9. The van der Waals surface area contributed by atoms with Gasteiger partial charge in [0.15, 0.2) is 11.5 Å². The summed E-state index contributed by atoms with van der Waals surface area (Å²) in [5.74, 6) is 2.06. The van der Waals surface area contributed by atoms with E-state index >= 15 is 0 Å². The Morgan fingerprint density at radius 2 is 2.14 bits per heavy atom. The second kappa shape index (κ2) is 6.42. The van der Waals surface area contributed by atoms with Gasteiger partial charge in [0.05, 0.1) is 5.02 Å². The highest BCUT2D eigenvalue weighted by molar-refractivity contribution is 6.32. The molecule has 0 spiro atoms. The second-order valence-corrected chi connectivity index (χ2v) is 6.32. The number of halogens is 1. The number of piperidine rings is 1. The minimum absolute atomic E-state index is 0.375. The first-order valence-corrected chi connectivity index (χ1v) is 8.02. The van der Waals surface area contributed by atoms with E-state index in [2.05, 4.69) is 23.3 Å². The lowest BCUT2D eigenvalue weighted by molar-refractivity contribution is 0.119. The average molecular weight is 311 g/mol. The van der Waals surface area contributed by atoms with Crippen molar-refractivity contribution in [1.82, 2.24) is 10.2 Å². The number of likely N-dealkylation sites (tertiary alicyclic amines) is 1. The van der Waals surface area contributed by atoms with E-state index in [-0.39, 0.29) is 0 Å². The Kier molecular flexibility index (Phi) is 4.57. The Hall–Kier alpha value is -0.970. The van der Waals surface area contributed by atoms with Gasteiger partial charge in [0.25, 0.3) is 0 Å². The summed E-state index contributed by atoms with van der Waals surface area (Å²) < 4.78 is 11.3. The molecule has 0 amide bonds. The zero-order valence-electron chi connectivity index (χ0n) is 12.7. The summed E-state index contributed by atoms with van der Waals surface area (Å²) in [5, 5.41) is 3.98. The van der Waals surface area contributed by atoms with Crippen LogP contribution in [0.25, 0.3) is 0 Å². The molecular weight excluding hydrogens is 288 g/mol. The third-order valence-corrected chi connectivity index (χ3v) is 4.71. The van der Waals surface area contributed by atoms with Crippen LogP contribution in [-0.2, 0) is 0 Å². The molecule has 0 radical (unpaired) electrons. The van der Waals surface area contributed by atoms with Crippen LogP contribution in [0.1, 0.15) is 24.4 Å². The lowest BCUT2D eigenvalue weighted by atomic mass is 9.84. The highest BCUT2D eigenvalue weighted by Gasteiger charge is 2.31. The van der Waals surface area contributed by atoms with Crippen LogP contribution < -0.4 is 14.8 Å². The van der Waals surface area contributed by atoms with Crippen molar-refractivity contribution >= 4 is 11.6 Å². The van der Waals surface area contributed by atoms with Crippen LogP contribution in [-0.4, -0.2) is 45.3 Å². The van der Waals surface area contributed by atoms with Crippen molar-refractivity contribution in [3.63, 3.8) is 0 Å². The van der Waals surface area contributed by atoms with Crippen molar-refractivity contribution in [3.8, 4) is 11.5 Å². The molecule has 0 saturated carbocycles. The monoisotopic (exact) mass is 310 g/mol. The molecule has 0 aromatic heterocycles. The van der Waals surface area contributed by atoms with Crippen molar-refractivity contribution in [3.05, 3.63) is 22.7 Å². The van der Waals surface area contributed by atoms with Gasteiger partial charge < -0.3 is 14.8 Å². The minimum Gasteiger partial charge on any atom is -0.486 e. The van der Waals surface area contributed by atoms with Gasteiger partial charge in [-0.2, -0.15) is 0 Å². The molecule has 2 unspecified atom stereocenters. The molecule has 1 saturated heterocycles. The summed E-state index contributed by atoms with van der Waals surface area (Å²) in [6.45, 7) is 3.29. The van der Waals surface area contributed by atoms with Crippen LogP contribution >= 0.6 is 11.6 Å². The third kappa shape index (κ3) is 2.98. The van der Waals surface area contributed by atoms with Crippen LogP contribution in [0.5, 0.6) is 11.5 Å². The van der Waals surface area contributed by atoms with E-state index < -0.39 is 0 Å². The van der Waals surface area contributed by atoms with Crippen molar-refractivity contribution in [1.29, 1.82) is 0 Å². The highest BCUT2D eigenvalue weighted by Crippen LogP contribution is 2.43. The smallest absolute Gasteiger partial charge is 0.179 e. The first-order valence-electron chi connectivity index (χ1n) is 7.64.